The van der Waals surface area contributed by atoms with Crippen molar-refractivity contribution in [3.63, 3.8) is 0 Å². The molecule has 0 fully saturated rings. The topological polar surface area (TPSA) is 24.9 Å². The van der Waals surface area contributed by atoms with Crippen molar-refractivity contribution in [1.29, 1.82) is 0 Å². The summed E-state index contributed by atoms with van der Waals surface area (Å²) in [7, 11) is 0. The first kappa shape index (κ1) is 14.4. The monoisotopic (exact) mass is 414 g/mol. The van der Waals surface area contributed by atoms with E-state index in [-0.39, 0.29) is 0 Å². The van der Waals surface area contributed by atoms with Crippen LogP contribution in [0.4, 0.5) is 5.69 Å². The minimum atomic E-state index is 0.443. The zero-order chi connectivity index (χ0) is 14.1. The molecule has 1 unspecified atom stereocenters. The molecule has 104 valence electrons. The van der Waals surface area contributed by atoms with Gasteiger partial charge in [0.1, 0.15) is 5.15 Å². The Labute approximate surface area is 140 Å². The molecule has 0 amide bonds. The third-order valence-electron chi connectivity index (χ3n) is 3.56. The number of anilines is 1. The highest BCUT2D eigenvalue weighted by molar-refractivity contribution is 9.10. The lowest BCUT2D eigenvalue weighted by atomic mass is 9.88. The van der Waals surface area contributed by atoms with Gasteiger partial charge in [-0.25, -0.2) is 4.98 Å². The molecule has 1 aromatic carbocycles. The predicted molar refractivity (Wildman–Crippen MR) is 90.5 cm³/mol. The Hall–Kier alpha value is -0.580. The van der Waals surface area contributed by atoms with Crippen LogP contribution in [0.25, 0.3) is 0 Å². The summed E-state index contributed by atoms with van der Waals surface area (Å²) in [4.78, 5) is 4.15. The standard InChI is InChI=1S/C15H13Br2ClN2/c16-11-3-1-10-6-12(4-2-9(10)5-11)20-13-7-14(17)15(18)19-8-13/h1,3,5,7-8,12,20H,2,4,6H2. The van der Waals surface area contributed by atoms with Gasteiger partial charge in [0.15, 0.2) is 0 Å². The summed E-state index contributed by atoms with van der Waals surface area (Å²) < 4.78 is 1.98. The van der Waals surface area contributed by atoms with Crippen LogP contribution in [0.1, 0.15) is 17.5 Å². The molecule has 0 spiro atoms. The molecule has 0 saturated carbocycles. The van der Waals surface area contributed by atoms with Crippen LogP contribution >= 0.6 is 43.5 Å². The summed E-state index contributed by atoms with van der Waals surface area (Å²) in [5.41, 5.74) is 3.89. The molecule has 5 heteroatoms. The number of nitrogens with one attached hydrogen (secondary N) is 1. The second kappa shape index (κ2) is 6.04. The van der Waals surface area contributed by atoms with Gasteiger partial charge in [0.2, 0.25) is 0 Å². The SMILES string of the molecule is Clc1ncc(NC2CCc3cc(Br)ccc3C2)cc1Br. The van der Waals surface area contributed by atoms with Crippen LogP contribution < -0.4 is 5.32 Å². The zero-order valence-electron chi connectivity index (χ0n) is 10.7. The highest BCUT2D eigenvalue weighted by Gasteiger charge is 2.18. The third kappa shape index (κ3) is 3.18. The predicted octanol–water partition coefficient (Wildman–Crippen LogP) is 5.23. The van der Waals surface area contributed by atoms with Gasteiger partial charge in [-0.05, 0) is 64.5 Å². The second-order valence-corrected chi connectivity index (χ2v) is 7.12. The lowest BCUT2D eigenvalue weighted by Gasteiger charge is -2.26. The molecular weight excluding hydrogens is 403 g/mol. The molecule has 20 heavy (non-hydrogen) atoms. The zero-order valence-corrected chi connectivity index (χ0v) is 14.6. The Bertz CT molecular complexity index is 646. The number of nitrogens with zero attached hydrogens (tertiary/aromatic N) is 1. The molecule has 2 aromatic rings. The number of halogens is 3. The Morgan fingerprint density at radius 1 is 1.20 bits per heavy atom. The minimum Gasteiger partial charge on any atom is -0.381 e. The largest absolute Gasteiger partial charge is 0.381 e. The summed E-state index contributed by atoms with van der Waals surface area (Å²) in [6.45, 7) is 0. The minimum absolute atomic E-state index is 0.443. The van der Waals surface area contributed by atoms with Gasteiger partial charge in [-0.1, -0.05) is 33.6 Å². The van der Waals surface area contributed by atoms with Gasteiger partial charge >= 0.3 is 0 Å². The van der Waals surface area contributed by atoms with Crippen molar-refractivity contribution >= 4 is 49.1 Å². The Kier molecular flexibility index (Phi) is 4.34. The smallest absolute Gasteiger partial charge is 0.143 e. The van der Waals surface area contributed by atoms with E-state index in [0.29, 0.717) is 11.2 Å². The maximum atomic E-state index is 5.91. The van der Waals surface area contributed by atoms with Gasteiger partial charge in [-0.3, -0.25) is 0 Å². The van der Waals surface area contributed by atoms with Gasteiger partial charge in [0.05, 0.1) is 16.4 Å². The van der Waals surface area contributed by atoms with Crippen molar-refractivity contribution in [2.75, 3.05) is 5.32 Å². The number of pyridine rings is 1. The number of hydrogen-bond acceptors (Lipinski definition) is 2. The summed E-state index contributed by atoms with van der Waals surface area (Å²) in [5, 5.41) is 4.04. The fourth-order valence-corrected chi connectivity index (χ4v) is 3.44. The van der Waals surface area contributed by atoms with Gasteiger partial charge in [0.25, 0.3) is 0 Å². The Morgan fingerprint density at radius 3 is 2.85 bits per heavy atom. The lowest BCUT2D eigenvalue weighted by Crippen LogP contribution is -2.27. The molecule has 1 heterocycles. The van der Waals surface area contributed by atoms with Crippen LogP contribution in [0.5, 0.6) is 0 Å². The number of hydrogen-bond donors (Lipinski definition) is 1. The van der Waals surface area contributed by atoms with E-state index in [4.69, 9.17) is 11.6 Å². The van der Waals surface area contributed by atoms with Crippen molar-refractivity contribution in [2.24, 2.45) is 0 Å². The first-order valence-corrected chi connectivity index (χ1v) is 8.43. The fourth-order valence-electron chi connectivity index (χ4n) is 2.58. The van der Waals surface area contributed by atoms with Crippen molar-refractivity contribution in [2.45, 2.75) is 25.3 Å². The summed E-state index contributed by atoms with van der Waals surface area (Å²) in [6, 6.07) is 8.97. The maximum absolute atomic E-state index is 5.91. The second-order valence-electron chi connectivity index (χ2n) is 4.99. The van der Waals surface area contributed by atoms with Crippen molar-refractivity contribution in [1.82, 2.24) is 4.98 Å². The molecule has 0 bridgehead atoms. The maximum Gasteiger partial charge on any atom is 0.143 e. The molecule has 0 aliphatic heterocycles. The molecular formula is C15H13Br2ClN2. The molecule has 1 N–H and O–H groups in total. The van der Waals surface area contributed by atoms with Crippen LogP contribution in [-0.2, 0) is 12.8 Å². The van der Waals surface area contributed by atoms with E-state index < -0.39 is 0 Å². The molecule has 0 radical (unpaired) electrons. The first-order valence-electron chi connectivity index (χ1n) is 6.47. The van der Waals surface area contributed by atoms with Gasteiger partial charge < -0.3 is 5.32 Å². The number of aryl methyl sites for hydroxylation is 1. The number of rotatable bonds is 2. The summed E-state index contributed by atoms with van der Waals surface area (Å²) in [5.74, 6) is 0. The van der Waals surface area contributed by atoms with Crippen molar-refractivity contribution in [3.05, 3.63) is 55.7 Å². The normalized spacial score (nSPS) is 17.6. The Balaban J connectivity index is 1.74. The van der Waals surface area contributed by atoms with E-state index in [1.807, 2.05) is 6.07 Å². The van der Waals surface area contributed by atoms with Gasteiger partial charge in [-0.15, -0.1) is 0 Å². The highest BCUT2D eigenvalue weighted by atomic mass is 79.9. The molecule has 3 rings (SSSR count). The molecule has 1 atom stereocenters. The summed E-state index contributed by atoms with van der Waals surface area (Å²) in [6.07, 6.45) is 5.06. The number of aromatic nitrogens is 1. The third-order valence-corrected chi connectivity index (χ3v) is 5.19. The molecule has 1 aliphatic rings. The van der Waals surface area contributed by atoms with Crippen LogP contribution in [-0.4, -0.2) is 11.0 Å². The highest BCUT2D eigenvalue weighted by Crippen LogP contribution is 2.28. The van der Waals surface area contributed by atoms with Crippen molar-refractivity contribution < 1.29 is 0 Å². The fraction of sp³-hybridized carbons (Fsp3) is 0.267. The van der Waals surface area contributed by atoms with E-state index >= 15 is 0 Å². The molecule has 1 aromatic heterocycles. The van der Waals surface area contributed by atoms with Crippen LogP contribution in [0.2, 0.25) is 5.15 Å². The van der Waals surface area contributed by atoms with Gasteiger partial charge in [0, 0.05) is 10.5 Å². The van der Waals surface area contributed by atoms with E-state index in [2.05, 4.69) is 60.4 Å². The quantitative estimate of drug-likeness (QED) is 0.678. The molecule has 2 nitrogen and oxygen atoms in total. The van der Waals surface area contributed by atoms with E-state index in [1.165, 1.54) is 11.1 Å². The lowest BCUT2D eigenvalue weighted by molar-refractivity contribution is 0.610. The first-order chi connectivity index (χ1) is 9.61. The van der Waals surface area contributed by atoms with Crippen LogP contribution in [0, 0.1) is 0 Å². The van der Waals surface area contributed by atoms with E-state index in [9.17, 15) is 0 Å². The molecule has 1 aliphatic carbocycles. The van der Waals surface area contributed by atoms with E-state index in [1.54, 1.807) is 6.20 Å². The number of fused-ring (bicyclic) bond motifs is 1. The van der Waals surface area contributed by atoms with Crippen molar-refractivity contribution in [3.8, 4) is 0 Å². The average molecular weight is 417 g/mol. The van der Waals surface area contributed by atoms with Crippen LogP contribution in [0.15, 0.2) is 39.4 Å². The average Bonchev–Trinajstić information content (AvgIpc) is 2.43. The molecule has 0 saturated heterocycles. The van der Waals surface area contributed by atoms with Gasteiger partial charge in [-0.2, -0.15) is 0 Å². The van der Waals surface area contributed by atoms with E-state index in [0.717, 1.165) is 33.9 Å². The Morgan fingerprint density at radius 2 is 2.05 bits per heavy atom. The van der Waals surface area contributed by atoms with Crippen LogP contribution in [0.3, 0.4) is 0 Å². The number of benzene rings is 1. The summed E-state index contributed by atoms with van der Waals surface area (Å²) >= 11 is 12.9.